The summed E-state index contributed by atoms with van der Waals surface area (Å²) in [7, 11) is 1.69. The number of H-pyrrole nitrogens is 1. The number of hydrogen-bond donors (Lipinski definition) is 2. The van der Waals surface area contributed by atoms with Gasteiger partial charge in [-0.25, -0.2) is 4.98 Å². The van der Waals surface area contributed by atoms with Gasteiger partial charge in [0, 0.05) is 37.4 Å². The Morgan fingerprint density at radius 2 is 2.33 bits per heavy atom. The van der Waals surface area contributed by atoms with Crippen molar-refractivity contribution in [2.24, 2.45) is 9.98 Å². The third-order valence-corrected chi connectivity index (χ3v) is 2.13. The lowest BCUT2D eigenvalue weighted by atomic mass is 10.2. The van der Waals surface area contributed by atoms with E-state index in [4.69, 9.17) is 0 Å². The summed E-state index contributed by atoms with van der Waals surface area (Å²) in [5.74, 6) is 1.30. The predicted molar refractivity (Wildman–Crippen MR) is 76.6 cm³/mol. The number of aromatic nitrogens is 2. The number of hydrogen-bond acceptors (Lipinski definition) is 3. The molecule has 0 aliphatic rings. The second-order valence-corrected chi connectivity index (χ2v) is 3.31. The molecule has 1 aromatic rings. The van der Waals surface area contributed by atoms with Crippen molar-refractivity contribution < 1.29 is 0 Å². The van der Waals surface area contributed by atoms with E-state index in [-0.39, 0.29) is 0 Å². The number of nitrogens with zero attached hydrogens (tertiary/aromatic N) is 3. The molecule has 0 atom stereocenters. The van der Waals surface area contributed by atoms with Crippen LogP contribution in [0.3, 0.4) is 0 Å². The third-order valence-electron chi connectivity index (χ3n) is 2.13. The van der Waals surface area contributed by atoms with Gasteiger partial charge >= 0.3 is 0 Å². The quantitative estimate of drug-likeness (QED) is 0.473. The zero-order chi connectivity index (χ0) is 13.4. The Morgan fingerprint density at radius 1 is 1.56 bits per heavy atom. The second-order valence-electron chi connectivity index (χ2n) is 3.31. The molecule has 0 saturated heterocycles. The van der Waals surface area contributed by atoms with Gasteiger partial charge in [0.25, 0.3) is 0 Å². The highest BCUT2D eigenvalue weighted by molar-refractivity contribution is 6.04. The van der Waals surface area contributed by atoms with Crippen molar-refractivity contribution in [2.45, 2.75) is 6.92 Å². The first kappa shape index (κ1) is 13.6. The first-order chi connectivity index (χ1) is 8.72. The normalized spacial score (nSPS) is 12.8. The fourth-order valence-corrected chi connectivity index (χ4v) is 1.25. The van der Waals surface area contributed by atoms with Gasteiger partial charge in [0.2, 0.25) is 0 Å². The van der Waals surface area contributed by atoms with Crippen LogP contribution in [0.15, 0.2) is 53.4 Å². The molecule has 0 saturated carbocycles. The highest BCUT2D eigenvalue weighted by Crippen LogP contribution is 2.06. The minimum absolute atomic E-state index is 0.633. The largest absolute Gasteiger partial charge is 0.343 e. The molecule has 0 bridgehead atoms. The van der Waals surface area contributed by atoms with E-state index >= 15 is 0 Å². The van der Waals surface area contributed by atoms with Gasteiger partial charge in [-0.3, -0.25) is 9.98 Å². The molecule has 1 rings (SSSR count). The van der Waals surface area contributed by atoms with Gasteiger partial charge in [-0.2, -0.15) is 0 Å². The zero-order valence-corrected chi connectivity index (χ0v) is 10.6. The smallest absolute Gasteiger partial charge is 0.153 e. The van der Waals surface area contributed by atoms with E-state index in [2.05, 4.69) is 38.4 Å². The van der Waals surface area contributed by atoms with Crippen LogP contribution in [0.1, 0.15) is 12.7 Å². The topological polar surface area (TPSA) is 65.4 Å². The molecule has 0 fully saturated rings. The summed E-state index contributed by atoms with van der Waals surface area (Å²) in [6.07, 6.45) is 8.45. The number of aliphatic imine (C=N–C) groups is 2. The van der Waals surface area contributed by atoms with Gasteiger partial charge in [-0.05, 0) is 6.92 Å². The lowest BCUT2D eigenvalue weighted by Gasteiger charge is -2.10. The first-order valence-electron chi connectivity index (χ1n) is 5.46. The van der Waals surface area contributed by atoms with E-state index in [1.165, 1.54) is 0 Å². The minimum atomic E-state index is 0.633. The van der Waals surface area contributed by atoms with Gasteiger partial charge in [0.15, 0.2) is 5.82 Å². The molecule has 1 aromatic heterocycles. The molecule has 18 heavy (non-hydrogen) atoms. The summed E-state index contributed by atoms with van der Waals surface area (Å²) in [5.41, 5.74) is 1.41. The average molecular weight is 243 g/mol. The van der Waals surface area contributed by atoms with Gasteiger partial charge in [0.1, 0.15) is 5.84 Å². The van der Waals surface area contributed by atoms with Crippen molar-refractivity contribution in [2.75, 3.05) is 7.05 Å². The molecule has 0 aliphatic heterocycles. The van der Waals surface area contributed by atoms with Crippen LogP contribution in [0.25, 0.3) is 5.70 Å². The predicted octanol–water partition coefficient (Wildman–Crippen LogP) is 2.16. The Kier molecular flexibility index (Phi) is 5.31. The van der Waals surface area contributed by atoms with Gasteiger partial charge in [-0.15, -0.1) is 0 Å². The van der Waals surface area contributed by atoms with Crippen molar-refractivity contribution in [3.8, 4) is 0 Å². The highest BCUT2D eigenvalue weighted by Gasteiger charge is 2.07. The zero-order valence-electron chi connectivity index (χ0n) is 10.6. The maximum atomic E-state index is 4.15. The standard InChI is InChI=1S/C13H17N5/c1-5-11(9-15-6-2)13(14-4)18-10(3)12-16-7-8-17-12/h5-9H,1,3H2,2,4H3,(H,14,18)(H,16,17)/b11-9+,15-6?. The number of imidazole rings is 1. The molecule has 94 valence electrons. The molecule has 0 radical (unpaired) electrons. The van der Waals surface area contributed by atoms with E-state index in [1.54, 1.807) is 37.9 Å². The molecule has 2 N–H and O–H groups in total. The van der Waals surface area contributed by atoms with Crippen molar-refractivity contribution >= 4 is 17.7 Å². The highest BCUT2D eigenvalue weighted by atomic mass is 15.0. The number of aromatic amines is 1. The van der Waals surface area contributed by atoms with Gasteiger partial charge in [0.05, 0.1) is 5.70 Å². The van der Waals surface area contributed by atoms with E-state index in [1.807, 2.05) is 6.92 Å². The molecule has 1 heterocycles. The average Bonchev–Trinajstić information content (AvgIpc) is 2.91. The van der Waals surface area contributed by atoms with Crippen LogP contribution in [-0.4, -0.2) is 29.1 Å². The number of rotatable bonds is 5. The van der Waals surface area contributed by atoms with Crippen LogP contribution < -0.4 is 5.32 Å². The van der Waals surface area contributed by atoms with Gasteiger partial charge in [-0.1, -0.05) is 19.2 Å². The van der Waals surface area contributed by atoms with E-state index in [9.17, 15) is 0 Å². The molecule has 5 heteroatoms. The Bertz CT molecular complexity index is 491. The number of amidine groups is 1. The number of nitrogens with one attached hydrogen (secondary N) is 2. The Morgan fingerprint density at radius 3 is 2.83 bits per heavy atom. The summed E-state index contributed by atoms with van der Waals surface area (Å²) in [6.45, 7) is 9.48. The van der Waals surface area contributed by atoms with Crippen LogP contribution in [0.4, 0.5) is 0 Å². The Hall–Kier alpha value is -2.43. The van der Waals surface area contributed by atoms with E-state index in [0.717, 1.165) is 5.57 Å². The third kappa shape index (κ3) is 3.55. The SMILES string of the molecule is C=C/C(=C\N=CC)C(=NC)NC(=C)c1ncc[nH]1. The van der Waals surface area contributed by atoms with E-state index in [0.29, 0.717) is 17.4 Å². The van der Waals surface area contributed by atoms with Crippen molar-refractivity contribution in [3.63, 3.8) is 0 Å². The molecular formula is C13H17N5. The fourth-order valence-electron chi connectivity index (χ4n) is 1.25. The van der Waals surface area contributed by atoms with Crippen molar-refractivity contribution in [3.05, 3.63) is 49.2 Å². The van der Waals surface area contributed by atoms with Crippen LogP contribution in [0.2, 0.25) is 0 Å². The van der Waals surface area contributed by atoms with Crippen LogP contribution in [0.5, 0.6) is 0 Å². The maximum Gasteiger partial charge on any atom is 0.153 e. The molecule has 0 amide bonds. The summed E-state index contributed by atoms with van der Waals surface area (Å²) in [4.78, 5) is 15.3. The summed E-state index contributed by atoms with van der Waals surface area (Å²) in [6, 6.07) is 0. The summed E-state index contributed by atoms with van der Waals surface area (Å²) in [5, 5.41) is 3.08. The van der Waals surface area contributed by atoms with Crippen molar-refractivity contribution in [1.82, 2.24) is 15.3 Å². The Labute approximate surface area is 107 Å². The molecule has 0 aromatic carbocycles. The van der Waals surface area contributed by atoms with E-state index < -0.39 is 0 Å². The molecule has 5 nitrogen and oxygen atoms in total. The molecule has 0 unspecified atom stereocenters. The first-order valence-corrected chi connectivity index (χ1v) is 5.46. The second kappa shape index (κ2) is 7.01. The molecular weight excluding hydrogens is 226 g/mol. The fraction of sp³-hybridized carbons (Fsp3) is 0.154. The lowest BCUT2D eigenvalue weighted by molar-refractivity contribution is 1.15. The van der Waals surface area contributed by atoms with Gasteiger partial charge < -0.3 is 10.3 Å². The monoisotopic (exact) mass is 243 g/mol. The molecule has 0 spiro atoms. The van der Waals surface area contributed by atoms with Crippen molar-refractivity contribution in [1.29, 1.82) is 0 Å². The lowest BCUT2D eigenvalue weighted by Crippen LogP contribution is -2.23. The van der Waals surface area contributed by atoms with Crippen LogP contribution in [0, 0.1) is 0 Å². The summed E-state index contributed by atoms with van der Waals surface area (Å²) >= 11 is 0. The maximum absolute atomic E-state index is 4.15. The minimum Gasteiger partial charge on any atom is -0.343 e. The summed E-state index contributed by atoms with van der Waals surface area (Å²) < 4.78 is 0. The molecule has 0 aliphatic carbocycles. The van der Waals surface area contributed by atoms with Crippen LogP contribution in [-0.2, 0) is 0 Å². The Balaban J connectivity index is 2.85. The van der Waals surface area contributed by atoms with Crippen LogP contribution >= 0.6 is 0 Å².